The van der Waals surface area contributed by atoms with E-state index in [0.717, 1.165) is 16.5 Å². The predicted molar refractivity (Wildman–Crippen MR) is 94.9 cm³/mol. The summed E-state index contributed by atoms with van der Waals surface area (Å²) in [6, 6.07) is 16.7. The molecule has 0 aliphatic rings. The molecule has 3 rings (SSSR count). The molecule has 3 aromatic rings. The van der Waals surface area contributed by atoms with Gasteiger partial charge in [-0.05, 0) is 30.5 Å². The Labute approximate surface area is 140 Å². The van der Waals surface area contributed by atoms with Crippen molar-refractivity contribution in [3.05, 3.63) is 77.1 Å². The largest absolute Gasteiger partial charge is 0.212 e. The summed E-state index contributed by atoms with van der Waals surface area (Å²) in [7, 11) is 0. The van der Waals surface area contributed by atoms with E-state index in [1.54, 1.807) is 22.8 Å². The van der Waals surface area contributed by atoms with Gasteiger partial charge in [0.1, 0.15) is 6.33 Å². The summed E-state index contributed by atoms with van der Waals surface area (Å²) in [6.45, 7) is 4.16. The molecule has 0 bridgehead atoms. The standard InChI is InChI=1S/C18H18N4S/c1-14-7-9-16(10-8-14)12-23-18-21-19-13-22(18)20-11-17-6-4-3-5-15(17)2/h3-11,13H,12H2,1-2H3/b20-11+. The summed E-state index contributed by atoms with van der Waals surface area (Å²) >= 11 is 1.63. The van der Waals surface area contributed by atoms with Gasteiger partial charge in [-0.1, -0.05) is 65.9 Å². The Hall–Kier alpha value is -2.40. The Morgan fingerprint density at radius 2 is 1.87 bits per heavy atom. The van der Waals surface area contributed by atoms with Gasteiger partial charge in [0, 0.05) is 5.75 Å². The van der Waals surface area contributed by atoms with E-state index in [9.17, 15) is 0 Å². The van der Waals surface area contributed by atoms with Crippen molar-refractivity contribution in [2.75, 3.05) is 0 Å². The molecule has 1 aromatic heterocycles. The molecule has 23 heavy (non-hydrogen) atoms. The molecule has 116 valence electrons. The van der Waals surface area contributed by atoms with E-state index in [1.807, 2.05) is 24.4 Å². The molecular formula is C18H18N4S. The molecule has 0 aliphatic heterocycles. The summed E-state index contributed by atoms with van der Waals surface area (Å²) in [5, 5.41) is 13.4. The first-order valence-corrected chi connectivity index (χ1v) is 8.39. The number of rotatable bonds is 5. The fourth-order valence-corrected chi connectivity index (χ4v) is 2.90. The first-order valence-electron chi connectivity index (χ1n) is 7.41. The molecule has 0 radical (unpaired) electrons. The van der Waals surface area contributed by atoms with Crippen LogP contribution in [-0.2, 0) is 5.75 Å². The van der Waals surface area contributed by atoms with Crippen molar-refractivity contribution in [1.82, 2.24) is 14.9 Å². The van der Waals surface area contributed by atoms with Crippen LogP contribution in [0.15, 0.2) is 65.1 Å². The molecule has 1 heterocycles. The predicted octanol–water partition coefficient (Wildman–Crippen LogP) is 4.07. The lowest BCUT2D eigenvalue weighted by atomic mass is 10.1. The fourth-order valence-electron chi connectivity index (χ4n) is 2.08. The van der Waals surface area contributed by atoms with Crippen molar-refractivity contribution in [2.45, 2.75) is 24.8 Å². The van der Waals surface area contributed by atoms with E-state index in [1.165, 1.54) is 16.7 Å². The highest BCUT2D eigenvalue weighted by molar-refractivity contribution is 7.98. The van der Waals surface area contributed by atoms with Crippen LogP contribution in [0.25, 0.3) is 0 Å². The number of aromatic nitrogens is 3. The summed E-state index contributed by atoms with van der Waals surface area (Å²) < 4.78 is 1.71. The van der Waals surface area contributed by atoms with Crippen LogP contribution in [0.2, 0.25) is 0 Å². The Morgan fingerprint density at radius 3 is 2.65 bits per heavy atom. The lowest BCUT2D eigenvalue weighted by molar-refractivity contribution is 0.767. The van der Waals surface area contributed by atoms with Gasteiger partial charge in [-0.3, -0.25) is 0 Å². The molecule has 0 atom stereocenters. The van der Waals surface area contributed by atoms with Gasteiger partial charge >= 0.3 is 0 Å². The number of thioether (sulfide) groups is 1. The molecule has 5 heteroatoms. The molecular weight excluding hydrogens is 304 g/mol. The second kappa shape index (κ2) is 7.24. The van der Waals surface area contributed by atoms with E-state index in [0.29, 0.717) is 0 Å². The van der Waals surface area contributed by atoms with Crippen molar-refractivity contribution in [3.63, 3.8) is 0 Å². The Kier molecular flexibility index (Phi) is 4.88. The average molecular weight is 322 g/mol. The average Bonchev–Trinajstić information content (AvgIpc) is 3.01. The molecule has 0 saturated heterocycles. The van der Waals surface area contributed by atoms with Crippen LogP contribution in [0, 0.1) is 13.8 Å². The van der Waals surface area contributed by atoms with Crippen molar-refractivity contribution in [2.24, 2.45) is 5.10 Å². The Morgan fingerprint density at radius 1 is 1.09 bits per heavy atom. The van der Waals surface area contributed by atoms with Crippen LogP contribution in [0.1, 0.15) is 22.3 Å². The maximum absolute atomic E-state index is 4.47. The Bertz CT molecular complexity index is 806. The minimum absolute atomic E-state index is 0.787. The summed E-state index contributed by atoms with van der Waals surface area (Å²) in [4.78, 5) is 0. The van der Waals surface area contributed by atoms with E-state index in [4.69, 9.17) is 0 Å². The summed E-state index contributed by atoms with van der Waals surface area (Å²) in [6.07, 6.45) is 3.47. The number of aryl methyl sites for hydroxylation is 2. The van der Waals surface area contributed by atoms with Crippen LogP contribution >= 0.6 is 11.8 Å². The lowest BCUT2D eigenvalue weighted by Crippen LogP contribution is -1.94. The van der Waals surface area contributed by atoms with Gasteiger partial charge < -0.3 is 0 Å². The monoisotopic (exact) mass is 322 g/mol. The highest BCUT2D eigenvalue weighted by Gasteiger charge is 2.04. The maximum Gasteiger partial charge on any atom is 0.212 e. The normalized spacial score (nSPS) is 11.2. The van der Waals surface area contributed by atoms with Crippen molar-refractivity contribution < 1.29 is 0 Å². The van der Waals surface area contributed by atoms with E-state index >= 15 is 0 Å². The number of hydrogen-bond acceptors (Lipinski definition) is 4. The first kappa shape index (κ1) is 15.5. The third kappa shape index (κ3) is 4.07. The van der Waals surface area contributed by atoms with Crippen LogP contribution in [-0.4, -0.2) is 21.1 Å². The van der Waals surface area contributed by atoms with Gasteiger partial charge in [-0.25, -0.2) is 0 Å². The quantitative estimate of drug-likeness (QED) is 0.525. The van der Waals surface area contributed by atoms with Gasteiger partial charge in [0.2, 0.25) is 5.16 Å². The van der Waals surface area contributed by atoms with Gasteiger partial charge in [0.15, 0.2) is 0 Å². The molecule has 0 fully saturated rings. The molecule has 2 aromatic carbocycles. The zero-order valence-corrected chi connectivity index (χ0v) is 14.0. The van der Waals surface area contributed by atoms with Gasteiger partial charge in [0.05, 0.1) is 6.21 Å². The van der Waals surface area contributed by atoms with Gasteiger partial charge in [-0.15, -0.1) is 10.2 Å². The van der Waals surface area contributed by atoms with E-state index in [-0.39, 0.29) is 0 Å². The summed E-state index contributed by atoms with van der Waals surface area (Å²) in [5.74, 6) is 0.846. The first-order chi connectivity index (χ1) is 11.2. The molecule has 0 amide bonds. The molecule has 0 saturated carbocycles. The van der Waals surface area contributed by atoms with Crippen molar-refractivity contribution in [1.29, 1.82) is 0 Å². The highest BCUT2D eigenvalue weighted by atomic mass is 32.2. The lowest BCUT2D eigenvalue weighted by Gasteiger charge is -2.02. The molecule has 4 nitrogen and oxygen atoms in total. The van der Waals surface area contributed by atoms with E-state index < -0.39 is 0 Å². The molecule has 0 spiro atoms. The molecule has 0 aliphatic carbocycles. The van der Waals surface area contributed by atoms with Crippen LogP contribution < -0.4 is 0 Å². The fraction of sp³-hybridized carbons (Fsp3) is 0.167. The topological polar surface area (TPSA) is 43.1 Å². The summed E-state index contributed by atoms with van der Waals surface area (Å²) in [5.41, 5.74) is 4.82. The zero-order valence-electron chi connectivity index (χ0n) is 13.2. The number of nitrogens with zero attached hydrogens (tertiary/aromatic N) is 4. The van der Waals surface area contributed by atoms with Crippen LogP contribution in [0.5, 0.6) is 0 Å². The minimum atomic E-state index is 0.787. The number of benzene rings is 2. The SMILES string of the molecule is Cc1ccc(CSc2nncn2/N=C/c2ccccc2C)cc1. The zero-order chi connectivity index (χ0) is 16.1. The molecule has 0 N–H and O–H groups in total. The second-order valence-electron chi connectivity index (χ2n) is 5.33. The van der Waals surface area contributed by atoms with Crippen LogP contribution in [0.3, 0.4) is 0 Å². The highest BCUT2D eigenvalue weighted by Crippen LogP contribution is 2.20. The minimum Gasteiger partial charge on any atom is -0.195 e. The van der Waals surface area contributed by atoms with Gasteiger partial charge in [-0.2, -0.15) is 9.78 Å². The third-order valence-corrected chi connectivity index (χ3v) is 4.50. The van der Waals surface area contributed by atoms with Gasteiger partial charge in [0.25, 0.3) is 0 Å². The third-order valence-electron chi connectivity index (χ3n) is 3.50. The van der Waals surface area contributed by atoms with E-state index in [2.05, 4.69) is 59.5 Å². The van der Waals surface area contributed by atoms with Crippen molar-refractivity contribution in [3.8, 4) is 0 Å². The Balaban J connectivity index is 1.70. The number of hydrogen-bond donors (Lipinski definition) is 0. The van der Waals surface area contributed by atoms with Crippen LogP contribution in [0.4, 0.5) is 0 Å². The van der Waals surface area contributed by atoms with Crippen molar-refractivity contribution >= 4 is 18.0 Å². The maximum atomic E-state index is 4.47. The second-order valence-corrected chi connectivity index (χ2v) is 6.28. The molecule has 0 unspecified atom stereocenters. The smallest absolute Gasteiger partial charge is 0.195 e.